The summed E-state index contributed by atoms with van der Waals surface area (Å²) in [6, 6.07) is 4.74. The molecule has 2 rings (SSSR count). The minimum Gasteiger partial charge on any atom is -0.319 e. The number of halogens is 4. The lowest BCUT2D eigenvalue weighted by Crippen LogP contribution is -2.13. The Labute approximate surface area is 124 Å². The highest BCUT2D eigenvalue weighted by molar-refractivity contribution is 9.10. The maximum absolute atomic E-state index is 13.6. The highest BCUT2D eigenvalue weighted by Gasteiger charge is 2.14. The first-order valence-electron chi connectivity index (χ1n) is 5.05. The van der Waals surface area contributed by atoms with Crippen molar-refractivity contribution in [1.29, 1.82) is 0 Å². The van der Waals surface area contributed by atoms with Crippen molar-refractivity contribution in [3.05, 3.63) is 56.7 Å². The molecule has 0 saturated carbocycles. The molecular weight excluding hydrogens is 386 g/mol. The van der Waals surface area contributed by atoms with Crippen molar-refractivity contribution < 1.29 is 13.6 Å². The predicted octanol–water partition coefficient (Wildman–Crippen LogP) is 4.14. The summed E-state index contributed by atoms with van der Waals surface area (Å²) in [5, 5.41) is 2.37. The predicted molar refractivity (Wildman–Crippen MR) is 73.9 cm³/mol. The van der Waals surface area contributed by atoms with E-state index in [2.05, 4.69) is 42.2 Å². The van der Waals surface area contributed by atoms with Crippen LogP contribution >= 0.6 is 31.9 Å². The summed E-state index contributed by atoms with van der Waals surface area (Å²) in [7, 11) is 0. The molecule has 0 bridgehead atoms. The minimum atomic E-state index is -0.853. The zero-order chi connectivity index (χ0) is 14.0. The number of carbonyl (C=O) groups is 1. The number of amides is 1. The van der Waals surface area contributed by atoms with Crippen molar-refractivity contribution in [2.75, 3.05) is 5.32 Å². The van der Waals surface area contributed by atoms with E-state index in [0.29, 0.717) is 16.2 Å². The van der Waals surface area contributed by atoms with Gasteiger partial charge in [-0.15, -0.1) is 0 Å². The lowest BCUT2D eigenvalue weighted by molar-refractivity contribution is 0.102. The van der Waals surface area contributed by atoms with E-state index in [1.807, 2.05) is 0 Å². The fraction of sp³-hybridized carbons (Fsp3) is 0. The average Bonchev–Trinajstić information content (AvgIpc) is 2.33. The van der Waals surface area contributed by atoms with Crippen LogP contribution in [0.3, 0.4) is 0 Å². The minimum absolute atomic E-state index is 0.112. The molecule has 98 valence electrons. The van der Waals surface area contributed by atoms with Crippen molar-refractivity contribution in [1.82, 2.24) is 4.98 Å². The summed E-state index contributed by atoms with van der Waals surface area (Å²) >= 11 is 6.13. The molecule has 19 heavy (non-hydrogen) atoms. The van der Waals surface area contributed by atoms with Crippen LogP contribution in [0.1, 0.15) is 10.4 Å². The third-order valence-electron chi connectivity index (χ3n) is 2.23. The summed E-state index contributed by atoms with van der Waals surface area (Å²) in [6.07, 6.45) is 1.44. The first-order chi connectivity index (χ1) is 8.97. The van der Waals surface area contributed by atoms with Crippen LogP contribution in [0.5, 0.6) is 0 Å². The lowest BCUT2D eigenvalue weighted by atomic mass is 10.2. The number of nitrogens with zero attached hydrogens (tertiary/aromatic N) is 1. The fourth-order valence-electron chi connectivity index (χ4n) is 1.39. The van der Waals surface area contributed by atoms with Crippen LogP contribution in [0, 0.1) is 11.6 Å². The highest BCUT2D eigenvalue weighted by atomic mass is 79.9. The van der Waals surface area contributed by atoms with Gasteiger partial charge in [0.25, 0.3) is 5.91 Å². The van der Waals surface area contributed by atoms with Crippen molar-refractivity contribution in [2.24, 2.45) is 0 Å². The molecule has 3 nitrogen and oxygen atoms in total. The van der Waals surface area contributed by atoms with Gasteiger partial charge in [0.05, 0.1) is 5.69 Å². The van der Waals surface area contributed by atoms with Gasteiger partial charge in [-0.1, -0.05) is 0 Å². The van der Waals surface area contributed by atoms with E-state index in [-0.39, 0.29) is 10.2 Å². The van der Waals surface area contributed by atoms with Gasteiger partial charge in [-0.05, 0) is 50.1 Å². The molecule has 0 fully saturated rings. The third kappa shape index (κ3) is 3.36. The number of aromatic nitrogens is 1. The van der Waals surface area contributed by atoms with Crippen LogP contribution in [0.4, 0.5) is 14.5 Å². The van der Waals surface area contributed by atoms with Crippen LogP contribution in [0.25, 0.3) is 0 Å². The molecule has 2 aromatic rings. The molecule has 0 radical (unpaired) electrons. The first kappa shape index (κ1) is 14.1. The van der Waals surface area contributed by atoms with Gasteiger partial charge >= 0.3 is 0 Å². The zero-order valence-electron chi connectivity index (χ0n) is 9.25. The van der Waals surface area contributed by atoms with E-state index in [1.54, 1.807) is 0 Å². The Morgan fingerprint density at radius 1 is 1.21 bits per heavy atom. The molecule has 0 saturated heterocycles. The largest absolute Gasteiger partial charge is 0.319 e. The number of nitrogens with one attached hydrogen (secondary N) is 1. The van der Waals surface area contributed by atoms with E-state index in [9.17, 15) is 13.6 Å². The second-order valence-electron chi connectivity index (χ2n) is 3.57. The fourth-order valence-corrected chi connectivity index (χ4v) is 2.26. The van der Waals surface area contributed by atoms with Crippen molar-refractivity contribution in [3.8, 4) is 0 Å². The molecule has 0 atom stereocenters. The summed E-state index contributed by atoms with van der Waals surface area (Å²) in [5.74, 6) is -2.10. The zero-order valence-corrected chi connectivity index (χ0v) is 12.4. The molecular formula is C12H6Br2F2N2O. The normalized spacial score (nSPS) is 10.3. The molecule has 0 spiro atoms. The first-order valence-corrected chi connectivity index (χ1v) is 6.63. The molecule has 1 amide bonds. The average molecular weight is 392 g/mol. The molecule has 0 aliphatic carbocycles. The second-order valence-corrected chi connectivity index (χ2v) is 5.23. The van der Waals surface area contributed by atoms with Crippen LogP contribution in [-0.4, -0.2) is 10.9 Å². The quantitative estimate of drug-likeness (QED) is 0.782. The van der Waals surface area contributed by atoms with Crippen molar-refractivity contribution >= 4 is 43.5 Å². The Bertz CT molecular complexity index is 626. The molecule has 1 heterocycles. The number of hydrogen-bond acceptors (Lipinski definition) is 2. The van der Waals surface area contributed by atoms with Gasteiger partial charge in [0.2, 0.25) is 0 Å². The topological polar surface area (TPSA) is 42.0 Å². The van der Waals surface area contributed by atoms with E-state index in [4.69, 9.17) is 0 Å². The highest BCUT2D eigenvalue weighted by Crippen LogP contribution is 2.27. The third-order valence-corrected chi connectivity index (χ3v) is 3.29. The van der Waals surface area contributed by atoms with Crippen molar-refractivity contribution in [2.45, 2.75) is 0 Å². The number of benzene rings is 1. The number of carbonyl (C=O) groups excluding carboxylic acids is 1. The summed E-state index contributed by atoms with van der Waals surface area (Å²) < 4.78 is 27.1. The summed E-state index contributed by atoms with van der Waals surface area (Å²) in [6.45, 7) is 0. The Hall–Kier alpha value is -1.34. The number of hydrogen-bond donors (Lipinski definition) is 1. The van der Waals surface area contributed by atoms with Gasteiger partial charge in [-0.3, -0.25) is 4.79 Å². The van der Waals surface area contributed by atoms with E-state index in [0.717, 1.165) is 6.07 Å². The summed E-state index contributed by atoms with van der Waals surface area (Å²) in [4.78, 5) is 15.8. The van der Waals surface area contributed by atoms with Crippen LogP contribution in [0.2, 0.25) is 0 Å². The van der Waals surface area contributed by atoms with Gasteiger partial charge in [0, 0.05) is 22.3 Å². The van der Waals surface area contributed by atoms with Gasteiger partial charge in [-0.2, -0.15) is 0 Å². The number of anilines is 1. The Morgan fingerprint density at radius 3 is 2.58 bits per heavy atom. The maximum atomic E-state index is 13.6. The molecule has 1 aromatic heterocycles. The monoisotopic (exact) mass is 390 g/mol. The molecule has 0 unspecified atom stereocenters. The van der Waals surface area contributed by atoms with Gasteiger partial charge < -0.3 is 5.32 Å². The molecule has 7 heteroatoms. The SMILES string of the molecule is O=C(Nc1c(F)cc(F)cc1Br)c1ccnc(Br)c1. The van der Waals surface area contributed by atoms with E-state index < -0.39 is 17.5 Å². The Balaban J connectivity index is 2.29. The van der Waals surface area contributed by atoms with E-state index in [1.165, 1.54) is 18.3 Å². The Kier molecular flexibility index (Phi) is 4.26. The standard InChI is InChI=1S/C12H6Br2F2N2O/c13-8-4-7(15)5-9(16)11(8)18-12(19)6-1-2-17-10(14)3-6/h1-5H,(H,18,19). The van der Waals surface area contributed by atoms with Crippen LogP contribution < -0.4 is 5.32 Å². The number of rotatable bonds is 2. The molecule has 1 N–H and O–H groups in total. The maximum Gasteiger partial charge on any atom is 0.255 e. The smallest absolute Gasteiger partial charge is 0.255 e. The second kappa shape index (κ2) is 5.75. The van der Waals surface area contributed by atoms with E-state index >= 15 is 0 Å². The van der Waals surface area contributed by atoms with Crippen LogP contribution in [-0.2, 0) is 0 Å². The van der Waals surface area contributed by atoms with Gasteiger partial charge in [0.1, 0.15) is 10.4 Å². The molecule has 0 aliphatic rings. The number of pyridine rings is 1. The van der Waals surface area contributed by atoms with Crippen LogP contribution in [0.15, 0.2) is 39.5 Å². The van der Waals surface area contributed by atoms with Crippen molar-refractivity contribution in [3.63, 3.8) is 0 Å². The molecule has 1 aromatic carbocycles. The van der Waals surface area contributed by atoms with Gasteiger partial charge in [0.15, 0.2) is 5.82 Å². The lowest BCUT2D eigenvalue weighted by Gasteiger charge is -2.09. The van der Waals surface area contributed by atoms with Gasteiger partial charge in [-0.25, -0.2) is 13.8 Å². The molecule has 0 aliphatic heterocycles. The summed E-state index contributed by atoms with van der Waals surface area (Å²) in [5.41, 5.74) is 0.192. The Morgan fingerprint density at radius 2 is 1.95 bits per heavy atom.